The predicted octanol–water partition coefficient (Wildman–Crippen LogP) is 1.30. The molecule has 0 aliphatic carbocycles. The van der Waals surface area contributed by atoms with E-state index in [0.29, 0.717) is 28.2 Å². The Morgan fingerprint density at radius 3 is 2.38 bits per heavy atom. The van der Waals surface area contributed by atoms with Crippen molar-refractivity contribution in [3.05, 3.63) is 53.8 Å². The molecular formula is C16H15FN4O2S. The smallest absolute Gasteiger partial charge is 0.238 e. The molecular weight excluding hydrogens is 331 g/mol. The molecule has 0 fully saturated rings. The molecule has 0 unspecified atom stereocenters. The van der Waals surface area contributed by atoms with Crippen molar-refractivity contribution in [3.63, 3.8) is 0 Å². The van der Waals surface area contributed by atoms with Crippen LogP contribution in [0, 0.1) is 5.82 Å². The Morgan fingerprint density at radius 2 is 1.75 bits per heavy atom. The molecule has 0 aromatic heterocycles. The van der Waals surface area contributed by atoms with Crippen LogP contribution in [0.4, 0.5) is 4.39 Å². The average molecular weight is 346 g/mol. The minimum atomic E-state index is -3.91. The van der Waals surface area contributed by atoms with Crippen molar-refractivity contribution in [3.8, 4) is 11.1 Å². The number of nitrogens with zero attached hydrogens (tertiary/aromatic N) is 2. The van der Waals surface area contributed by atoms with Gasteiger partial charge in [0, 0.05) is 11.1 Å². The second kappa shape index (κ2) is 6.14. The van der Waals surface area contributed by atoms with E-state index in [0.717, 1.165) is 0 Å². The quantitative estimate of drug-likeness (QED) is 0.873. The summed E-state index contributed by atoms with van der Waals surface area (Å²) >= 11 is 0. The van der Waals surface area contributed by atoms with Gasteiger partial charge in [-0.05, 0) is 23.8 Å². The first-order valence-electron chi connectivity index (χ1n) is 7.10. The molecule has 1 heterocycles. The first-order valence-corrected chi connectivity index (χ1v) is 8.65. The number of halogens is 1. The molecule has 0 saturated heterocycles. The molecule has 2 aromatic rings. The topological polar surface area (TPSA) is 111 Å². The number of rotatable bonds is 3. The Labute approximate surface area is 138 Å². The first-order chi connectivity index (χ1) is 11.4. The van der Waals surface area contributed by atoms with E-state index < -0.39 is 15.8 Å². The van der Waals surface area contributed by atoms with Crippen molar-refractivity contribution >= 4 is 21.6 Å². The van der Waals surface area contributed by atoms with E-state index in [9.17, 15) is 12.8 Å². The molecule has 1 aliphatic heterocycles. The monoisotopic (exact) mass is 346 g/mol. The van der Waals surface area contributed by atoms with Crippen molar-refractivity contribution in [1.82, 2.24) is 0 Å². The number of amidine groups is 1. The minimum Gasteiger partial charge on any atom is -0.386 e. The highest BCUT2D eigenvalue weighted by Crippen LogP contribution is 2.28. The lowest BCUT2D eigenvalue weighted by atomic mass is 10.0. The fourth-order valence-electron chi connectivity index (χ4n) is 2.49. The standard InChI is InChI=1S/C16H15FN4O2S/c17-13-7-10(11-3-1-2-4-15(11)24(19,22)23)5-6-12(13)14-8-21-16(18)9-20-14/h1-7H,8-9H2,(H2,18,21)(H2,19,22,23). The first kappa shape index (κ1) is 16.3. The molecule has 0 atom stereocenters. The fourth-order valence-corrected chi connectivity index (χ4v) is 3.25. The highest BCUT2D eigenvalue weighted by Gasteiger charge is 2.17. The van der Waals surface area contributed by atoms with E-state index in [1.165, 1.54) is 12.1 Å². The van der Waals surface area contributed by atoms with E-state index in [-0.39, 0.29) is 18.0 Å². The van der Waals surface area contributed by atoms with Crippen LogP contribution in [0.1, 0.15) is 5.56 Å². The zero-order chi connectivity index (χ0) is 17.3. The number of nitrogens with two attached hydrogens (primary N) is 2. The number of primary sulfonamides is 1. The lowest BCUT2D eigenvalue weighted by Gasteiger charge is -2.13. The van der Waals surface area contributed by atoms with E-state index in [4.69, 9.17) is 10.9 Å². The summed E-state index contributed by atoms with van der Waals surface area (Å²) < 4.78 is 37.9. The summed E-state index contributed by atoms with van der Waals surface area (Å²) in [5.74, 6) is -0.0935. The van der Waals surface area contributed by atoms with Crippen LogP contribution >= 0.6 is 0 Å². The van der Waals surface area contributed by atoms with Crippen LogP contribution in [0.2, 0.25) is 0 Å². The summed E-state index contributed by atoms with van der Waals surface area (Å²) in [4.78, 5) is 8.21. The molecule has 1 aliphatic rings. The van der Waals surface area contributed by atoms with Crippen LogP contribution in [0.5, 0.6) is 0 Å². The summed E-state index contributed by atoms with van der Waals surface area (Å²) in [6.07, 6.45) is 0. The second-order valence-electron chi connectivity index (χ2n) is 5.31. The van der Waals surface area contributed by atoms with Crippen LogP contribution in [-0.4, -0.2) is 33.1 Å². The summed E-state index contributed by atoms with van der Waals surface area (Å²) in [5, 5.41) is 5.23. The molecule has 2 aromatic carbocycles. The Bertz CT molecular complexity index is 968. The van der Waals surface area contributed by atoms with Gasteiger partial charge in [-0.3, -0.25) is 9.98 Å². The van der Waals surface area contributed by atoms with Crippen LogP contribution in [0.15, 0.2) is 57.3 Å². The van der Waals surface area contributed by atoms with Gasteiger partial charge >= 0.3 is 0 Å². The van der Waals surface area contributed by atoms with Crippen LogP contribution in [-0.2, 0) is 10.0 Å². The molecule has 124 valence electrons. The average Bonchev–Trinajstić information content (AvgIpc) is 2.55. The van der Waals surface area contributed by atoms with E-state index in [2.05, 4.69) is 9.98 Å². The summed E-state index contributed by atoms with van der Waals surface area (Å²) in [7, 11) is -3.91. The molecule has 3 rings (SSSR count). The third-order valence-electron chi connectivity index (χ3n) is 3.65. The van der Waals surface area contributed by atoms with Crippen LogP contribution in [0.3, 0.4) is 0 Å². The van der Waals surface area contributed by atoms with Gasteiger partial charge in [-0.25, -0.2) is 17.9 Å². The van der Waals surface area contributed by atoms with Gasteiger partial charge in [-0.1, -0.05) is 24.3 Å². The largest absolute Gasteiger partial charge is 0.386 e. The van der Waals surface area contributed by atoms with Crippen LogP contribution < -0.4 is 10.9 Å². The summed E-state index contributed by atoms with van der Waals surface area (Å²) in [6, 6.07) is 10.7. The Kier molecular flexibility index (Phi) is 4.16. The molecule has 0 radical (unpaired) electrons. The zero-order valence-corrected chi connectivity index (χ0v) is 13.4. The molecule has 24 heavy (non-hydrogen) atoms. The van der Waals surface area contributed by atoms with Crippen molar-refractivity contribution in [2.24, 2.45) is 20.9 Å². The SMILES string of the molecule is NC1=NCC(c2ccc(-c3ccccc3S(N)(=O)=O)cc2F)=NC1. The molecule has 0 bridgehead atoms. The maximum atomic E-state index is 14.5. The van der Waals surface area contributed by atoms with Crippen molar-refractivity contribution in [1.29, 1.82) is 0 Å². The van der Waals surface area contributed by atoms with E-state index >= 15 is 0 Å². The van der Waals surface area contributed by atoms with Crippen molar-refractivity contribution < 1.29 is 12.8 Å². The van der Waals surface area contributed by atoms with Gasteiger partial charge in [0.2, 0.25) is 10.0 Å². The highest BCUT2D eigenvalue weighted by atomic mass is 32.2. The lowest BCUT2D eigenvalue weighted by Crippen LogP contribution is -2.24. The van der Waals surface area contributed by atoms with Crippen LogP contribution in [0.25, 0.3) is 11.1 Å². The zero-order valence-electron chi connectivity index (χ0n) is 12.6. The number of aliphatic imine (C=N–C) groups is 2. The van der Waals surface area contributed by atoms with Gasteiger partial charge < -0.3 is 5.73 Å². The highest BCUT2D eigenvalue weighted by molar-refractivity contribution is 7.89. The van der Waals surface area contributed by atoms with Gasteiger partial charge in [-0.2, -0.15) is 0 Å². The predicted molar refractivity (Wildman–Crippen MR) is 91.1 cm³/mol. The van der Waals surface area contributed by atoms with Gasteiger partial charge in [0.15, 0.2) is 0 Å². The number of hydrogen-bond acceptors (Lipinski definition) is 5. The maximum absolute atomic E-state index is 14.5. The minimum absolute atomic E-state index is 0.0514. The molecule has 0 saturated carbocycles. The molecule has 0 amide bonds. The Morgan fingerprint density at radius 1 is 1.00 bits per heavy atom. The maximum Gasteiger partial charge on any atom is 0.238 e. The molecule has 0 spiro atoms. The van der Waals surface area contributed by atoms with E-state index in [1.807, 2.05) is 0 Å². The Hall–Kier alpha value is -2.58. The lowest BCUT2D eigenvalue weighted by molar-refractivity contribution is 0.598. The van der Waals surface area contributed by atoms with Gasteiger partial charge in [0.25, 0.3) is 0 Å². The number of sulfonamides is 1. The fraction of sp³-hybridized carbons (Fsp3) is 0.125. The van der Waals surface area contributed by atoms with Crippen molar-refractivity contribution in [2.45, 2.75) is 4.90 Å². The normalized spacial score (nSPS) is 14.9. The number of benzene rings is 2. The van der Waals surface area contributed by atoms with Gasteiger partial charge in [-0.15, -0.1) is 0 Å². The summed E-state index contributed by atoms with van der Waals surface area (Å²) in [6.45, 7) is 0.459. The molecule has 6 nitrogen and oxygen atoms in total. The third kappa shape index (κ3) is 3.19. The van der Waals surface area contributed by atoms with Gasteiger partial charge in [0.1, 0.15) is 11.7 Å². The third-order valence-corrected chi connectivity index (χ3v) is 4.62. The molecule has 4 N–H and O–H groups in total. The molecule has 8 heteroatoms. The Balaban J connectivity index is 2.03. The van der Waals surface area contributed by atoms with Gasteiger partial charge in [0.05, 0.1) is 23.7 Å². The summed E-state index contributed by atoms with van der Waals surface area (Å²) in [5.41, 5.74) is 7.14. The number of hydrogen-bond donors (Lipinski definition) is 2. The second-order valence-corrected chi connectivity index (χ2v) is 6.84. The van der Waals surface area contributed by atoms with Crippen molar-refractivity contribution in [2.75, 3.05) is 13.1 Å². The van der Waals surface area contributed by atoms with E-state index in [1.54, 1.807) is 30.3 Å².